The first-order chi connectivity index (χ1) is 4.88. The Morgan fingerprint density at radius 1 is 1.50 bits per heavy atom. The number of nitrogens with one attached hydrogen (secondary N) is 1. The first-order valence-electron chi connectivity index (χ1n) is 3.81. The normalized spacial score (nSPS) is 24.7. The number of hydrogen-bond donors (Lipinski definition) is 1. The second-order valence-corrected chi connectivity index (χ2v) is 2.91. The Morgan fingerprint density at radius 2 is 2.40 bits per heavy atom. The van der Waals surface area contributed by atoms with Gasteiger partial charge in [0.15, 0.2) is 0 Å². The summed E-state index contributed by atoms with van der Waals surface area (Å²) in [5, 5.41) is 3.35. The highest BCUT2D eigenvalue weighted by atomic mass is 14.9. The van der Waals surface area contributed by atoms with Crippen molar-refractivity contribution >= 4 is 5.71 Å². The zero-order chi connectivity index (χ0) is 6.97. The Labute approximate surface area is 61.0 Å². The zero-order valence-electron chi connectivity index (χ0n) is 6.28. The van der Waals surface area contributed by atoms with Crippen molar-refractivity contribution < 1.29 is 0 Å². The molecule has 2 heterocycles. The average Bonchev–Trinajstić information content (AvgIpc) is 2.34. The molecule has 0 fully saturated rings. The van der Waals surface area contributed by atoms with Gasteiger partial charge in [-0.15, -0.1) is 0 Å². The molecule has 0 aromatic carbocycles. The van der Waals surface area contributed by atoms with Gasteiger partial charge in [0.1, 0.15) is 0 Å². The summed E-state index contributed by atoms with van der Waals surface area (Å²) >= 11 is 0. The predicted molar refractivity (Wildman–Crippen MR) is 42.5 cm³/mol. The lowest BCUT2D eigenvalue weighted by Gasteiger charge is -2.14. The first kappa shape index (κ1) is 6.10. The van der Waals surface area contributed by atoms with E-state index in [0.29, 0.717) is 0 Å². The molecule has 10 heavy (non-hydrogen) atoms. The highest BCUT2D eigenvalue weighted by molar-refractivity contribution is 6.01. The van der Waals surface area contributed by atoms with E-state index < -0.39 is 0 Å². The lowest BCUT2D eigenvalue weighted by Crippen LogP contribution is -2.26. The molecule has 0 spiro atoms. The van der Waals surface area contributed by atoms with Gasteiger partial charge in [-0.25, -0.2) is 0 Å². The van der Waals surface area contributed by atoms with Crippen molar-refractivity contribution in [1.82, 2.24) is 5.32 Å². The van der Waals surface area contributed by atoms with Crippen LogP contribution < -0.4 is 5.32 Å². The molecular weight excluding hydrogens is 124 g/mol. The molecular formula is C8H12N2. The third kappa shape index (κ3) is 0.797. The lowest BCUT2D eigenvalue weighted by atomic mass is 10.0. The molecule has 0 radical (unpaired) electrons. The molecule has 2 rings (SSSR count). The highest BCUT2D eigenvalue weighted by Gasteiger charge is 2.17. The SMILES string of the molecule is CC1=NCC2=C1CNCC2. The summed E-state index contributed by atoms with van der Waals surface area (Å²) in [4.78, 5) is 4.38. The number of rotatable bonds is 0. The van der Waals surface area contributed by atoms with E-state index in [9.17, 15) is 0 Å². The van der Waals surface area contributed by atoms with Crippen molar-refractivity contribution in [3.63, 3.8) is 0 Å². The molecule has 2 aliphatic heterocycles. The summed E-state index contributed by atoms with van der Waals surface area (Å²) < 4.78 is 0. The minimum absolute atomic E-state index is 0.975. The van der Waals surface area contributed by atoms with Crippen LogP contribution in [-0.2, 0) is 0 Å². The third-order valence-electron chi connectivity index (χ3n) is 2.28. The molecule has 0 aromatic heterocycles. The molecule has 2 aliphatic rings. The molecule has 0 aromatic rings. The summed E-state index contributed by atoms with van der Waals surface area (Å²) in [6.45, 7) is 5.27. The van der Waals surface area contributed by atoms with E-state index in [1.165, 1.54) is 17.7 Å². The maximum atomic E-state index is 4.38. The quantitative estimate of drug-likeness (QED) is 0.522. The van der Waals surface area contributed by atoms with Crippen LogP contribution in [0.15, 0.2) is 16.1 Å². The smallest absolute Gasteiger partial charge is 0.0610 e. The molecule has 54 valence electrons. The van der Waals surface area contributed by atoms with E-state index in [1.807, 2.05) is 0 Å². The van der Waals surface area contributed by atoms with Crippen molar-refractivity contribution in [2.45, 2.75) is 13.3 Å². The Kier molecular flexibility index (Phi) is 1.34. The van der Waals surface area contributed by atoms with E-state index in [-0.39, 0.29) is 0 Å². The van der Waals surface area contributed by atoms with E-state index in [4.69, 9.17) is 0 Å². The molecule has 2 nitrogen and oxygen atoms in total. The number of hydrogen-bond acceptors (Lipinski definition) is 2. The summed E-state index contributed by atoms with van der Waals surface area (Å²) in [5.41, 5.74) is 4.30. The molecule has 1 N–H and O–H groups in total. The van der Waals surface area contributed by atoms with Crippen LogP contribution in [0.5, 0.6) is 0 Å². The van der Waals surface area contributed by atoms with Gasteiger partial charge in [-0.1, -0.05) is 0 Å². The standard InChI is InChI=1S/C8H12N2/c1-6-8-5-9-3-2-7(8)4-10-6/h9H,2-5H2,1H3. The summed E-state index contributed by atoms with van der Waals surface area (Å²) in [5.74, 6) is 0. The van der Waals surface area contributed by atoms with Crippen molar-refractivity contribution in [2.75, 3.05) is 19.6 Å². The van der Waals surface area contributed by atoms with E-state index in [0.717, 1.165) is 19.6 Å². The van der Waals surface area contributed by atoms with Gasteiger partial charge in [-0.2, -0.15) is 0 Å². The Bertz CT molecular complexity index is 213. The van der Waals surface area contributed by atoms with Crippen LogP contribution in [0.25, 0.3) is 0 Å². The topological polar surface area (TPSA) is 24.4 Å². The van der Waals surface area contributed by atoms with E-state index >= 15 is 0 Å². The van der Waals surface area contributed by atoms with Gasteiger partial charge in [0.2, 0.25) is 0 Å². The lowest BCUT2D eigenvalue weighted by molar-refractivity contribution is 0.691. The van der Waals surface area contributed by atoms with Gasteiger partial charge < -0.3 is 5.32 Å². The number of aliphatic imine (C=N–C) groups is 1. The monoisotopic (exact) mass is 136 g/mol. The fourth-order valence-corrected chi connectivity index (χ4v) is 1.60. The fourth-order valence-electron chi connectivity index (χ4n) is 1.60. The highest BCUT2D eigenvalue weighted by Crippen LogP contribution is 2.19. The molecule has 0 aliphatic carbocycles. The second-order valence-electron chi connectivity index (χ2n) is 2.91. The maximum absolute atomic E-state index is 4.38. The molecule has 0 saturated heterocycles. The van der Waals surface area contributed by atoms with Crippen molar-refractivity contribution in [2.24, 2.45) is 4.99 Å². The van der Waals surface area contributed by atoms with Gasteiger partial charge in [0.25, 0.3) is 0 Å². The van der Waals surface area contributed by atoms with Crippen LogP contribution >= 0.6 is 0 Å². The van der Waals surface area contributed by atoms with Crippen molar-refractivity contribution in [3.05, 3.63) is 11.1 Å². The zero-order valence-corrected chi connectivity index (χ0v) is 6.28. The minimum atomic E-state index is 0.975. The van der Waals surface area contributed by atoms with Gasteiger partial charge in [-0.3, -0.25) is 4.99 Å². The second kappa shape index (κ2) is 2.20. The van der Waals surface area contributed by atoms with Gasteiger partial charge in [-0.05, 0) is 31.0 Å². The van der Waals surface area contributed by atoms with Crippen LogP contribution in [0.1, 0.15) is 13.3 Å². The number of nitrogens with zero attached hydrogens (tertiary/aromatic N) is 1. The van der Waals surface area contributed by atoms with Crippen LogP contribution in [-0.4, -0.2) is 25.3 Å². The van der Waals surface area contributed by atoms with Gasteiger partial charge in [0.05, 0.1) is 6.54 Å². The molecule has 0 amide bonds. The summed E-state index contributed by atoms with van der Waals surface area (Å²) in [6.07, 6.45) is 1.20. The molecule has 0 saturated carbocycles. The summed E-state index contributed by atoms with van der Waals surface area (Å²) in [6, 6.07) is 0. The Morgan fingerprint density at radius 3 is 3.20 bits per heavy atom. The first-order valence-corrected chi connectivity index (χ1v) is 3.81. The maximum Gasteiger partial charge on any atom is 0.0610 e. The van der Waals surface area contributed by atoms with Gasteiger partial charge in [0, 0.05) is 12.3 Å². The molecule has 2 heteroatoms. The Hall–Kier alpha value is -0.630. The van der Waals surface area contributed by atoms with Crippen LogP contribution in [0.4, 0.5) is 0 Å². The third-order valence-corrected chi connectivity index (χ3v) is 2.28. The molecule has 0 atom stereocenters. The van der Waals surface area contributed by atoms with Crippen molar-refractivity contribution in [1.29, 1.82) is 0 Å². The Balaban J connectivity index is 2.28. The predicted octanol–water partition coefficient (Wildman–Crippen LogP) is 0.751. The van der Waals surface area contributed by atoms with E-state index in [1.54, 1.807) is 5.57 Å². The van der Waals surface area contributed by atoms with Crippen molar-refractivity contribution in [3.8, 4) is 0 Å². The van der Waals surface area contributed by atoms with Crippen LogP contribution in [0.2, 0.25) is 0 Å². The minimum Gasteiger partial charge on any atom is -0.312 e. The van der Waals surface area contributed by atoms with Gasteiger partial charge >= 0.3 is 0 Å². The fraction of sp³-hybridized carbons (Fsp3) is 0.625. The van der Waals surface area contributed by atoms with Crippen LogP contribution in [0, 0.1) is 0 Å². The van der Waals surface area contributed by atoms with Crippen LogP contribution in [0.3, 0.4) is 0 Å². The summed E-state index contributed by atoms with van der Waals surface area (Å²) in [7, 11) is 0. The molecule has 0 unspecified atom stereocenters. The van der Waals surface area contributed by atoms with E-state index in [2.05, 4.69) is 17.2 Å². The average molecular weight is 136 g/mol. The largest absolute Gasteiger partial charge is 0.312 e. The molecule has 0 bridgehead atoms.